The first-order chi connectivity index (χ1) is 10.7. The first-order valence-electron chi connectivity index (χ1n) is 7.21. The summed E-state index contributed by atoms with van der Waals surface area (Å²) in [6.07, 6.45) is 0. The molecule has 1 saturated heterocycles. The maximum Gasteiger partial charge on any atom is 0.238 e. The summed E-state index contributed by atoms with van der Waals surface area (Å²) in [5.41, 5.74) is 0.620. The zero-order chi connectivity index (χ0) is 15.9. The summed E-state index contributed by atoms with van der Waals surface area (Å²) in [7, 11) is 4.64. The van der Waals surface area contributed by atoms with Crippen LogP contribution in [0.2, 0.25) is 0 Å². The Balaban J connectivity index is 0.00000264. The number of methoxy groups -OCH3 is 3. The third kappa shape index (κ3) is 5.90. The molecule has 1 aliphatic rings. The second kappa shape index (κ2) is 11.2. The molecule has 0 atom stereocenters. The number of ether oxygens (including phenoxy) is 3. The van der Waals surface area contributed by atoms with Crippen LogP contribution >= 0.6 is 24.8 Å². The first kappa shape index (κ1) is 22.6. The van der Waals surface area contributed by atoms with Gasteiger partial charge < -0.3 is 24.8 Å². The Morgan fingerprint density at radius 3 is 2.08 bits per heavy atom. The van der Waals surface area contributed by atoms with E-state index in [9.17, 15) is 4.79 Å². The Morgan fingerprint density at radius 2 is 1.62 bits per heavy atom. The molecule has 2 rings (SSSR count). The summed E-state index contributed by atoms with van der Waals surface area (Å²) in [6.45, 7) is 3.96. The van der Waals surface area contributed by atoms with E-state index in [-0.39, 0.29) is 30.7 Å². The Bertz CT molecular complexity index is 500. The van der Waals surface area contributed by atoms with Crippen molar-refractivity contribution in [3.8, 4) is 17.2 Å². The molecule has 1 aliphatic heterocycles. The minimum atomic E-state index is -0.0591. The second-order valence-corrected chi connectivity index (χ2v) is 4.99. The summed E-state index contributed by atoms with van der Waals surface area (Å²) in [5, 5.41) is 6.13. The van der Waals surface area contributed by atoms with Crippen LogP contribution < -0.4 is 24.8 Å². The Morgan fingerprint density at radius 1 is 1.08 bits per heavy atom. The van der Waals surface area contributed by atoms with Crippen LogP contribution in [0.5, 0.6) is 17.2 Å². The Hall–Kier alpha value is -1.41. The van der Waals surface area contributed by atoms with Crippen molar-refractivity contribution in [2.45, 2.75) is 0 Å². The van der Waals surface area contributed by atoms with Crippen molar-refractivity contribution in [1.82, 2.24) is 10.2 Å². The molecular weight excluding hydrogens is 357 g/mol. The van der Waals surface area contributed by atoms with Gasteiger partial charge in [-0.2, -0.15) is 0 Å². The van der Waals surface area contributed by atoms with Crippen LogP contribution in [0.3, 0.4) is 0 Å². The number of nitrogens with zero attached hydrogens (tertiary/aromatic N) is 1. The average molecular weight is 382 g/mol. The third-order valence-corrected chi connectivity index (χ3v) is 3.53. The zero-order valence-electron chi connectivity index (χ0n) is 14.1. The monoisotopic (exact) mass is 381 g/mol. The average Bonchev–Trinajstić information content (AvgIpc) is 2.54. The second-order valence-electron chi connectivity index (χ2n) is 4.99. The van der Waals surface area contributed by atoms with E-state index in [0.717, 1.165) is 26.2 Å². The van der Waals surface area contributed by atoms with Crippen molar-refractivity contribution >= 4 is 36.4 Å². The molecule has 0 saturated carbocycles. The van der Waals surface area contributed by atoms with Gasteiger partial charge in [0, 0.05) is 44.0 Å². The van der Waals surface area contributed by atoms with Gasteiger partial charge in [0.2, 0.25) is 11.7 Å². The van der Waals surface area contributed by atoms with Gasteiger partial charge in [-0.3, -0.25) is 9.69 Å². The van der Waals surface area contributed by atoms with Crippen LogP contribution in [-0.4, -0.2) is 64.9 Å². The number of nitrogens with one attached hydrogen (secondary N) is 2. The number of piperazine rings is 1. The van der Waals surface area contributed by atoms with Crippen molar-refractivity contribution in [2.75, 3.05) is 59.4 Å². The molecule has 24 heavy (non-hydrogen) atoms. The lowest BCUT2D eigenvalue weighted by molar-refractivity contribution is -0.117. The van der Waals surface area contributed by atoms with Crippen LogP contribution in [0.1, 0.15) is 0 Å². The number of hydrogen-bond donors (Lipinski definition) is 2. The van der Waals surface area contributed by atoms with E-state index in [1.54, 1.807) is 33.5 Å². The molecule has 138 valence electrons. The highest BCUT2D eigenvalue weighted by atomic mass is 35.5. The predicted octanol–water partition coefficient (Wildman–Crippen LogP) is 1.40. The lowest BCUT2D eigenvalue weighted by atomic mass is 10.2. The largest absolute Gasteiger partial charge is 0.493 e. The summed E-state index contributed by atoms with van der Waals surface area (Å²) >= 11 is 0. The van der Waals surface area contributed by atoms with E-state index in [1.807, 2.05) is 0 Å². The highest BCUT2D eigenvalue weighted by molar-refractivity contribution is 5.93. The van der Waals surface area contributed by atoms with Crippen LogP contribution in [0, 0.1) is 0 Å². The molecule has 1 fully saturated rings. The zero-order valence-corrected chi connectivity index (χ0v) is 15.7. The van der Waals surface area contributed by atoms with Crippen molar-refractivity contribution in [2.24, 2.45) is 0 Å². The van der Waals surface area contributed by atoms with Crippen molar-refractivity contribution in [3.63, 3.8) is 0 Å². The maximum absolute atomic E-state index is 12.1. The summed E-state index contributed by atoms with van der Waals surface area (Å²) in [5.74, 6) is 1.47. The fraction of sp³-hybridized carbons (Fsp3) is 0.533. The van der Waals surface area contributed by atoms with Crippen LogP contribution in [0.4, 0.5) is 5.69 Å². The molecule has 0 unspecified atom stereocenters. The van der Waals surface area contributed by atoms with Gasteiger partial charge in [-0.05, 0) is 0 Å². The fourth-order valence-corrected chi connectivity index (χ4v) is 2.43. The maximum atomic E-state index is 12.1. The molecule has 0 radical (unpaired) electrons. The number of carbonyl (C=O) groups excluding carboxylic acids is 1. The lowest BCUT2D eigenvalue weighted by Gasteiger charge is -2.26. The van der Waals surface area contributed by atoms with E-state index in [4.69, 9.17) is 14.2 Å². The van der Waals surface area contributed by atoms with Gasteiger partial charge in [0.15, 0.2) is 11.5 Å². The summed E-state index contributed by atoms with van der Waals surface area (Å²) in [4.78, 5) is 14.3. The fourth-order valence-electron chi connectivity index (χ4n) is 2.43. The first-order valence-corrected chi connectivity index (χ1v) is 7.21. The van der Waals surface area contributed by atoms with Gasteiger partial charge in [0.25, 0.3) is 0 Å². The normalized spacial score (nSPS) is 14.0. The van der Waals surface area contributed by atoms with Gasteiger partial charge in [-0.25, -0.2) is 0 Å². The number of benzene rings is 1. The van der Waals surface area contributed by atoms with Gasteiger partial charge in [0.1, 0.15) is 0 Å². The number of rotatable bonds is 6. The van der Waals surface area contributed by atoms with Crippen molar-refractivity contribution < 1.29 is 19.0 Å². The summed E-state index contributed by atoms with van der Waals surface area (Å²) in [6, 6.07) is 3.44. The number of halogens is 2. The SMILES string of the molecule is COc1cc(NC(=O)CN2CCNCC2)cc(OC)c1OC.Cl.Cl. The number of hydrogen-bond acceptors (Lipinski definition) is 6. The van der Waals surface area contributed by atoms with E-state index in [0.29, 0.717) is 29.5 Å². The molecule has 1 aromatic rings. The molecule has 1 aromatic carbocycles. The van der Waals surface area contributed by atoms with Crippen LogP contribution in [0.15, 0.2) is 12.1 Å². The van der Waals surface area contributed by atoms with Gasteiger partial charge in [-0.1, -0.05) is 0 Å². The Labute approximate surface area is 154 Å². The van der Waals surface area contributed by atoms with Crippen LogP contribution in [-0.2, 0) is 4.79 Å². The molecule has 0 bridgehead atoms. The highest BCUT2D eigenvalue weighted by Crippen LogP contribution is 2.39. The highest BCUT2D eigenvalue weighted by Gasteiger charge is 2.16. The van der Waals surface area contributed by atoms with E-state index >= 15 is 0 Å². The molecule has 1 heterocycles. The minimum absolute atomic E-state index is 0. The van der Waals surface area contributed by atoms with Crippen molar-refractivity contribution in [1.29, 1.82) is 0 Å². The predicted molar refractivity (Wildman–Crippen MR) is 98.5 cm³/mol. The lowest BCUT2D eigenvalue weighted by Crippen LogP contribution is -2.46. The van der Waals surface area contributed by atoms with Gasteiger partial charge >= 0.3 is 0 Å². The molecule has 9 heteroatoms. The molecular formula is C15H25Cl2N3O4. The third-order valence-electron chi connectivity index (χ3n) is 3.53. The van der Waals surface area contributed by atoms with E-state index < -0.39 is 0 Å². The van der Waals surface area contributed by atoms with Gasteiger partial charge in [0.05, 0.1) is 27.9 Å². The van der Waals surface area contributed by atoms with E-state index in [2.05, 4.69) is 15.5 Å². The quantitative estimate of drug-likeness (QED) is 0.775. The number of carbonyl (C=O) groups is 1. The number of anilines is 1. The summed E-state index contributed by atoms with van der Waals surface area (Å²) < 4.78 is 15.8. The van der Waals surface area contributed by atoms with Gasteiger partial charge in [-0.15, -0.1) is 24.8 Å². The molecule has 7 nitrogen and oxygen atoms in total. The molecule has 0 spiro atoms. The standard InChI is InChI=1S/C15H23N3O4.2ClH/c1-20-12-8-11(9-13(21-2)15(12)22-3)17-14(19)10-18-6-4-16-5-7-18;;/h8-9,16H,4-7,10H2,1-3H3,(H,17,19);2*1H. The minimum Gasteiger partial charge on any atom is -0.493 e. The van der Waals surface area contributed by atoms with Crippen LogP contribution in [0.25, 0.3) is 0 Å². The number of amides is 1. The molecule has 1 amide bonds. The molecule has 0 aromatic heterocycles. The van der Waals surface area contributed by atoms with Crippen molar-refractivity contribution in [3.05, 3.63) is 12.1 Å². The molecule has 0 aliphatic carbocycles. The smallest absolute Gasteiger partial charge is 0.238 e. The molecule has 2 N–H and O–H groups in total. The topological polar surface area (TPSA) is 72.1 Å². The Kier molecular flexibility index (Phi) is 10.5. The van der Waals surface area contributed by atoms with E-state index in [1.165, 1.54) is 0 Å².